The van der Waals surface area contributed by atoms with Crippen LogP contribution in [0.5, 0.6) is 0 Å². The highest BCUT2D eigenvalue weighted by atomic mass is 35.5. The number of hydrogen-bond donors (Lipinski definition) is 2. The number of nitrogens with zero attached hydrogens (tertiary/aromatic N) is 3. The average molecular weight is 354 g/mol. The molecule has 1 aromatic carbocycles. The number of nitrogen functional groups attached to an aromatic ring is 1. The summed E-state index contributed by atoms with van der Waals surface area (Å²) in [5.74, 6) is 0.0101. The Kier molecular flexibility index (Phi) is 3.91. The number of hydrogen-bond acceptors (Lipinski definition) is 6. The number of nitrogens with one attached hydrogen (secondary N) is 1. The molecule has 0 saturated carbocycles. The molecule has 0 bridgehead atoms. The number of rotatable bonds is 2. The third kappa shape index (κ3) is 2.62. The molecule has 0 fully saturated rings. The van der Waals surface area contributed by atoms with Gasteiger partial charge in [-0.2, -0.15) is 4.98 Å². The molecule has 1 atom stereocenters. The maximum atomic E-state index is 12.3. The summed E-state index contributed by atoms with van der Waals surface area (Å²) in [5, 5.41) is 8.05. The lowest BCUT2D eigenvalue weighted by Crippen LogP contribution is -2.29. The summed E-state index contributed by atoms with van der Waals surface area (Å²) in [6, 6.07) is 4.41. The van der Waals surface area contributed by atoms with E-state index in [4.69, 9.17) is 33.7 Å². The van der Waals surface area contributed by atoms with Crippen molar-refractivity contribution in [2.24, 2.45) is 0 Å². The highest BCUT2D eigenvalue weighted by Crippen LogP contribution is 2.39. The molecular weight excluding hydrogens is 341 g/mol. The van der Waals surface area contributed by atoms with E-state index in [1.807, 2.05) is 0 Å². The molecule has 0 amide bonds. The van der Waals surface area contributed by atoms with Crippen LogP contribution < -0.4 is 11.1 Å². The molecule has 2 heterocycles. The average Bonchev–Trinajstić information content (AvgIpc) is 2.85. The summed E-state index contributed by atoms with van der Waals surface area (Å²) >= 11 is 12.3. The van der Waals surface area contributed by atoms with Crippen LogP contribution in [0.3, 0.4) is 0 Å². The van der Waals surface area contributed by atoms with E-state index in [0.717, 1.165) is 0 Å². The third-order valence-corrected chi connectivity index (χ3v) is 4.09. The van der Waals surface area contributed by atoms with Crippen LogP contribution in [0.1, 0.15) is 18.5 Å². The molecule has 1 aliphatic heterocycles. The van der Waals surface area contributed by atoms with Crippen molar-refractivity contribution in [1.82, 2.24) is 14.8 Å². The molecule has 1 aliphatic rings. The Morgan fingerprint density at radius 1 is 1.43 bits per heavy atom. The molecule has 9 heteroatoms. The lowest BCUT2D eigenvalue weighted by molar-refractivity contribution is -0.136. The van der Waals surface area contributed by atoms with Crippen LogP contribution in [-0.4, -0.2) is 27.8 Å². The van der Waals surface area contributed by atoms with Crippen molar-refractivity contribution in [3.8, 4) is 0 Å². The lowest BCUT2D eigenvalue weighted by atomic mass is 9.96. The summed E-state index contributed by atoms with van der Waals surface area (Å²) in [6.45, 7) is 1.75. The van der Waals surface area contributed by atoms with Gasteiger partial charge in [0.05, 0.1) is 12.7 Å². The fourth-order valence-electron chi connectivity index (χ4n) is 2.55. The predicted molar refractivity (Wildman–Crippen MR) is 87.4 cm³/mol. The maximum absolute atomic E-state index is 12.3. The summed E-state index contributed by atoms with van der Waals surface area (Å²) in [4.78, 5) is 16.4. The summed E-state index contributed by atoms with van der Waals surface area (Å²) < 4.78 is 6.40. The first kappa shape index (κ1) is 15.6. The van der Waals surface area contributed by atoms with Crippen molar-refractivity contribution < 1.29 is 9.53 Å². The Hall–Kier alpha value is -2.25. The molecule has 2 aromatic rings. The van der Waals surface area contributed by atoms with Gasteiger partial charge in [0, 0.05) is 21.3 Å². The molecule has 23 heavy (non-hydrogen) atoms. The van der Waals surface area contributed by atoms with Crippen LogP contribution in [0.25, 0.3) is 0 Å². The van der Waals surface area contributed by atoms with E-state index in [-0.39, 0.29) is 5.95 Å². The molecular formula is C14H13Cl2N5O2. The van der Waals surface area contributed by atoms with E-state index < -0.39 is 12.0 Å². The highest BCUT2D eigenvalue weighted by molar-refractivity contribution is 6.35. The van der Waals surface area contributed by atoms with E-state index in [1.54, 1.807) is 25.1 Å². The fraction of sp³-hybridized carbons (Fsp3) is 0.214. The minimum Gasteiger partial charge on any atom is -0.466 e. The van der Waals surface area contributed by atoms with E-state index in [1.165, 1.54) is 11.8 Å². The molecule has 3 N–H and O–H groups in total. The number of fused-ring (bicyclic) bond motifs is 1. The van der Waals surface area contributed by atoms with Gasteiger partial charge in [-0.1, -0.05) is 29.3 Å². The smallest absolute Gasteiger partial charge is 0.338 e. The van der Waals surface area contributed by atoms with Crippen LogP contribution in [-0.2, 0) is 9.53 Å². The quantitative estimate of drug-likeness (QED) is 0.805. The number of carbonyl (C=O) groups excluding carboxylic acids is 1. The molecule has 7 nitrogen and oxygen atoms in total. The molecule has 1 aromatic heterocycles. The topological polar surface area (TPSA) is 95.1 Å². The van der Waals surface area contributed by atoms with Gasteiger partial charge in [0.1, 0.15) is 6.04 Å². The van der Waals surface area contributed by atoms with Crippen LogP contribution in [0.4, 0.5) is 11.9 Å². The Balaban J connectivity index is 2.25. The molecule has 0 radical (unpaired) electrons. The number of allylic oxidation sites excluding steroid dienone is 1. The van der Waals surface area contributed by atoms with Crippen LogP contribution >= 0.6 is 23.2 Å². The second kappa shape index (κ2) is 5.75. The first-order chi connectivity index (χ1) is 10.9. The van der Waals surface area contributed by atoms with Crippen LogP contribution in [0, 0.1) is 0 Å². The third-order valence-electron chi connectivity index (χ3n) is 3.53. The zero-order chi connectivity index (χ0) is 16.7. The van der Waals surface area contributed by atoms with Crippen molar-refractivity contribution in [1.29, 1.82) is 0 Å². The second-order valence-electron chi connectivity index (χ2n) is 4.96. The standard InChI is InChI=1S/C14H13Cl2N5O2/c1-6-10(12(22)23-2)11(8-4-3-7(15)5-9(8)16)21-14(18-6)19-13(17)20-21/h3-5,11H,1-2H3,(H3,17,18,19,20). The molecule has 1 unspecified atom stereocenters. The predicted octanol–water partition coefficient (Wildman–Crippen LogP) is 2.63. The number of carbonyl (C=O) groups is 1. The number of nitrogens with two attached hydrogens (primary N) is 1. The number of ether oxygens (including phenoxy) is 1. The van der Waals surface area contributed by atoms with Gasteiger partial charge in [-0.25, -0.2) is 9.48 Å². The molecule has 0 spiro atoms. The zero-order valence-electron chi connectivity index (χ0n) is 12.3. The highest BCUT2D eigenvalue weighted by Gasteiger charge is 2.35. The minimum absolute atomic E-state index is 0.0847. The number of halogens is 2. The SMILES string of the molecule is COC(=O)C1=C(C)Nc2nc(N)nn2C1c1ccc(Cl)cc1Cl. The Labute approximate surface area is 142 Å². The fourth-order valence-corrected chi connectivity index (χ4v) is 3.06. The Bertz CT molecular complexity index is 831. The molecule has 120 valence electrons. The second-order valence-corrected chi connectivity index (χ2v) is 5.81. The van der Waals surface area contributed by atoms with E-state index >= 15 is 0 Å². The number of anilines is 2. The molecule has 0 saturated heterocycles. The summed E-state index contributed by atoms with van der Waals surface area (Å²) in [6.07, 6.45) is 0. The lowest BCUT2D eigenvalue weighted by Gasteiger charge is -2.28. The van der Waals surface area contributed by atoms with Gasteiger partial charge in [-0.05, 0) is 19.1 Å². The van der Waals surface area contributed by atoms with Gasteiger partial charge in [0.15, 0.2) is 0 Å². The van der Waals surface area contributed by atoms with E-state index in [2.05, 4.69) is 15.4 Å². The largest absolute Gasteiger partial charge is 0.466 e. The zero-order valence-corrected chi connectivity index (χ0v) is 13.8. The van der Waals surface area contributed by atoms with Gasteiger partial charge >= 0.3 is 5.97 Å². The van der Waals surface area contributed by atoms with Crippen molar-refractivity contribution in [2.45, 2.75) is 13.0 Å². The van der Waals surface area contributed by atoms with E-state index in [0.29, 0.717) is 32.8 Å². The number of aromatic nitrogens is 3. The first-order valence-electron chi connectivity index (χ1n) is 6.65. The minimum atomic E-state index is -0.617. The number of benzene rings is 1. The van der Waals surface area contributed by atoms with Gasteiger partial charge in [-0.3, -0.25) is 0 Å². The van der Waals surface area contributed by atoms with Crippen molar-refractivity contribution >= 4 is 41.1 Å². The van der Waals surface area contributed by atoms with Gasteiger partial charge in [-0.15, -0.1) is 5.10 Å². The Morgan fingerprint density at radius 3 is 2.83 bits per heavy atom. The van der Waals surface area contributed by atoms with E-state index in [9.17, 15) is 4.79 Å². The number of esters is 1. The van der Waals surface area contributed by atoms with Crippen LogP contribution in [0.2, 0.25) is 10.0 Å². The molecule has 3 rings (SSSR count). The molecule has 0 aliphatic carbocycles. The van der Waals surface area contributed by atoms with Gasteiger partial charge in [0.2, 0.25) is 11.9 Å². The monoisotopic (exact) mass is 353 g/mol. The summed E-state index contributed by atoms with van der Waals surface area (Å²) in [7, 11) is 1.31. The Morgan fingerprint density at radius 2 is 2.17 bits per heavy atom. The number of methoxy groups -OCH3 is 1. The van der Waals surface area contributed by atoms with Crippen molar-refractivity contribution in [3.05, 3.63) is 45.1 Å². The normalized spacial score (nSPS) is 16.8. The van der Waals surface area contributed by atoms with Crippen molar-refractivity contribution in [2.75, 3.05) is 18.2 Å². The maximum Gasteiger partial charge on any atom is 0.338 e. The van der Waals surface area contributed by atoms with Gasteiger partial charge in [0.25, 0.3) is 0 Å². The van der Waals surface area contributed by atoms with Crippen molar-refractivity contribution in [3.63, 3.8) is 0 Å². The van der Waals surface area contributed by atoms with Gasteiger partial charge < -0.3 is 15.8 Å². The van der Waals surface area contributed by atoms with Crippen LogP contribution in [0.15, 0.2) is 29.5 Å². The summed E-state index contributed by atoms with van der Waals surface area (Å²) in [5.41, 5.74) is 7.29. The first-order valence-corrected chi connectivity index (χ1v) is 7.41.